The van der Waals surface area contributed by atoms with Crippen molar-refractivity contribution in [3.63, 3.8) is 0 Å². The second-order valence-corrected chi connectivity index (χ2v) is 6.38. The van der Waals surface area contributed by atoms with Gasteiger partial charge in [0.1, 0.15) is 11.4 Å². The first-order chi connectivity index (χ1) is 9.85. The Morgan fingerprint density at radius 3 is 2.76 bits per heavy atom. The normalized spacial score (nSPS) is 18.6. The van der Waals surface area contributed by atoms with E-state index in [0.29, 0.717) is 25.9 Å². The Kier molecular flexibility index (Phi) is 4.60. The summed E-state index contributed by atoms with van der Waals surface area (Å²) >= 11 is 0. The molecule has 0 saturated carbocycles. The van der Waals surface area contributed by atoms with Gasteiger partial charge in [0.05, 0.1) is 0 Å². The van der Waals surface area contributed by atoms with E-state index in [1.54, 1.807) is 11.1 Å². The quantitative estimate of drug-likeness (QED) is 0.858. The summed E-state index contributed by atoms with van der Waals surface area (Å²) in [6.45, 7) is 6.54. The van der Waals surface area contributed by atoms with E-state index >= 15 is 0 Å². The highest BCUT2D eigenvalue weighted by molar-refractivity contribution is 5.84. The molecule has 1 amide bonds. The fraction of sp³-hybridized carbons (Fsp3) is 0.562. The number of rotatable bonds is 3. The maximum atomic E-state index is 12.2. The van der Waals surface area contributed by atoms with Crippen molar-refractivity contribution in [3.8, 4) is 0 Å². The van der Waals surface area contributed by atoms with Gasteiger partial charge in [-0.2, -0.15) is 0 Å². The topological polar surface area (TPSA) is 59.5 Å². The predicted octanol–water partition coefficient (Wildman–Crippen LogP) is 2.45. The van der Waals surface area contributed by atoms with E-state index in [0.717, 1.165) is 5.69 Å². The van der Waals surface area contributed by atoms with E-state index in [2.05, 4.69) is 4.98 Å². The van der Waals surface area contributed by atoms with Crippen LogP contribution in [0.1, 0.15) is 32.9 Å². The van der Waals surface area contributed by atoms with E-state index in [1.165, 1.54) is 0 Å². The van der Waals surface area contributed by atoms with Crippen LogP contribution in [0, 0.1) is 5.92 Å². The first-order valence-corrected chi connectivity index (χ1v) is 7.26. The van der Waals surface area contributed by atoms with Crippen LogP contribution in [0.25, 0.3) is 0 Å². The van der Waals surface area contributed by atoms with Crippen molar-refractivity contribution in [2.24, 2.45) is 5.92 Å². The molecule has 1 aliphatic rings. The van der Waals surface area contributed by atoms with Crippen LogP contribution in [0.4, 0.5) is 4.79 Å². The van der Waals surface area contributed by atoms with Gasteiger partial charge in [0, 0.05) is 37.3 Å². The molecule has 5 heteroatoms. The van der Waals surface area contributed by atoms with Crippen molar-refractivity contribution < 1.29 is 14.3 Å². The van der Waals surface area contributed by atoms with Gasteiger partial charge in [-0.3, -0.25) is 9.78 Å². The third-order valence-corrected chi connectivity index (χ3v) is 3.38. The zero-order valence-corrected chi connectivity index (χ0v) is 12.8. The van der Waals surface area contributed by atoms with Gasteiger partial charge in [0.25, 0.3) is 0 Å². The summed E-state index contributed by atoms with van der Waals surface area (Å²) in [4.78, 5) is 30.0. The van der Waals surface area contributed by atoms with Gasteiger partial charge in [0.2, 0.25) is 0 Å². The molecule has 21 heavy (non-hydrogen) atoms. The van der Waals surface area contributed by atoms with Gasteiger partial charge >= 0.3 is 6.09 Å². The van der Waals surface area contributed by atoms with E-state index in [1.807, 2.05) is 39.0 Å². The smallest absolute Gasteiger partial charge is 0.410 e. The summed E-state index contributed by atoms with van der Waals surface area (Å²) in [5, 5.41) is 0. The lowest BCUT2D eigenvalue weighted by Gasteiger charge is -2.24. The first kappa shape index (κ1) is 15.5. The molecule has 1 unspecified atom stereocenters. The van der Waals surface area contributed by atoms with Gasteiger partial charge in [-0.1, -0.05) is 6.07 Å². The second-order valence-electron chi connectivity index (χ2n) is 6.38. The summed E-state index contributed by atoms with van der Waals surface area (Å²) in [5.41, 5.74) is 0.269. The molecule has 0 radical (unpaired) electrons. The van der Waals surface area contributed by atoms with Gasteiger partial charge in [-0.15, -0.1) is 0 Å². The summed E-state index contributed by atoms with van der Waals surface area (Å²) in [5.74, 6) is 0.0271. The largest absolute Gasteiger partial charge is 0.444 e. The van der Waals surface area contributed by atoms with Crippen LogP contribution in [0.3, 0.4) is 0 Å². The standard InChI is InChI=1S/C16H22N2O3/c1-16(2,3)21-15(20)18-9-7-12(11-18)14(19)10-13-6-4-5-8-17-13/h4-6,8,12H,7,9-11H2,1-3H3. The monoisotopic (exact) mass is 290 g/mol. The molecule has 1 aliphatic heterocycles. The molecule has 1 saturated heterocycles. The molecule has 1 atom stereocenters. The Labute approximate surface area is 125 Å². The van der Waals surface area contributed by atoms with Gasteiger partial charge in [-0.05, 0) is 39.3 Å². The van der Waals surface area contributed by atoms with E-state index < -0.39 is 5.60 Å². The molecule has 1 aromatic rings. The maximum Gasteiger partial charge on any atom is 0.410 e. The molecule has 0 aliphatic carbocycles. The lowest BCUT2D eigenvalue weighted by Crippen LogP contribution is -2.36. The maximum absolute atomic E-state index is 12.2. The minimum absolute atomic E-state index is 0.112. The molecule has 1 fully saturated rings. The molecular weight excluding hydrogens is 268 g/mol. The summed E-state index contributed by atoms with van der Waals surface area (Å²) in [7, 11) is 0. The third-order valence-electron chi connectivity index (χ3n) is 3.38. The van der Waals surface area contributed by atoms with Crippen LogP contribution in [0.2, 0.25) is 0 Å². The van der Waals surface area contributed by atoms with Gasteiger partial charge < -0.3 is 9.64 Å². The molecule has 0 N–H and O–H groups in total. The Balaban J connectivity index is 1.87. The highest BCUT2D eigenvalue weighted by atomic mass is 16.6. The molecule has 0 spiro atoms. The molecule has 2 heterocycles. The number of likely N-dealkylation sites (tertiary alicyclic amines) is 1. The van der Waals surface area contributed by atoms with Crippen LogP contribution in [0.5, 0.6) is 0 Å². The first-order valence-electron chi connectivity index (χ1n) is 7.26. The van der Waals surface area contributed by atoms with Crippen molar-refractivity contribution in [1.29, 1.82) is 0 Å². The minimum Gasteiger partial charge on any atom is -0.444 e. The molecule has 114 valence electrons. The summed E-state index contributed by atoms with van der Waals surface area (Å²) in [6, 6.07) is 5.55. The number of nitrogens with zero attached hydrogens (tertiary/aromatic N) is 2. The Morgan fingerprint density at radius 1 is 1.38 bits per heavy atom. The van der Waals surface area contributed by atoms with Crippen LogP contribution in [-0.4, -0.2) is 40.5 Å². The Hall–Kier alpha value is -1.91. The van der Waals surface area contributed by atoms with E-state index in [4.69, 9.17) is 4.74 Å². The third kappa shape index (κ3) is 4.55. The number of amides is 1. The minimum atomic E-state index is -0.507. The van der Waals surface area contributed by atoms with Crippen LogP contribution < -0.4 is 0 Å². The van der Waals surface area contributed by atoms with Crippen LogP contribution >= 0.6 is 0 Å². The highest BCUT2D eigenvalue weighted by Crippen LogP contribution is 2.21. The van der Waals surface area contributed by atoms with Crippen LogP contribution in [-0.2, 0) is 16.0 Å². The number of pyridine rings is 1. The molecule has 5 nitrogen and oxygen atoms in total. The zero-order valence-electron chi connectivity index (χ0n) is 12.8. The number of ketones is 1. The molecule has 0 aromatic carbocycles. The predicted molar refractivity (Wildman–Crippen MR) is 78.9 cm³/mol. The fourth-order valence-electron chi connectivity index (χ4n) is 2.34. The zero-order chi connectivity index (χ0) is 15.5. The average molecular weight is 290 g/mol. The number of carbonyl (C=O) groups excluding carboxylic acids is 2. The highest BCUT2D eigenvalue weighted by Gasteiger charge is 2.33. The molecule has 2 rings (SSSR count). The van der Waals surface area contributed by atoms with Gasteiger partial charge in [-0.25, -0.2) is 4.79 Å². The van der Waals surface area contributed by atoms with E-state index in [9.17, 15) is 9.59 Å². The van der Waals surface area contributed by atoms with Crippen LogP contribution in [0.15, 0.2) is 24.4 Å². The summed E-state index contributed by atoms with van der Waals surface area (Å²) in [6.07, 6.45) is 2.37. The lowest BCUT2D eigenvalue weighted by atomic mass is 9.99. The fourth-order valence-corrected chi connectivity index (χ4v) is 2.34. The number of Topliss-reactive ketones (excluding diaryl/α,β-unsaturated/α-hetero) is 1. The summed E-state index contributed by atoms with van der Waals surface area (Å²) < 4.78 is 5.33. The number of hydrogen-bond donors (Lipinski definition) is 0. The second kappa shape index (κ2) is 6.24. The average Bonchev–Trinajstić information content (AvgIpc) is 2.87. The number of ether oxygens (including phenoxy) is 1. The van der Waals surface area contributed by atoms with Crippen molar-refractivity contribution >= 4 is 11.9 Å². The SMILES string of the molecule is CC(C)(C)OC(=O)N1CCC(C(=O)Cc2ccccn2)C1. The number of hydrogen-bond acceptors (Lipinski definition) is 4. The number of carbonyl (C=O) groups is 2. The Bertz CT molecular complexity index is 508. The molecular formula is C16H22N2O3. The van der Waals surface area contributed by atoms with Crippen molar-refractivity contribution in [1.82, 2.24) is 9.88 Å². The van der Waals surface area contributed by atoms with Crippen molar-refractivity contribution in [2.75, 3.05) is 13.1 Å². The lowest BCUT2D eigenvalue weighted by molar-refractivity contribution is -0.121. The van der Waals surface area contributed by atoms with Crippen molar-refractivity contribution in [2.45, 2.75) is 39.2 Å². The molecule has 0 bridgehead atoms. The van der Waals surface area contributed by atoms with E-state index in [-0.39, 0.29) is 17.8 Å². The molecule has 1 aromatic heterocycles. The van der Waals surface area contributed by atoms with Crippen molar-refractivity contribution in [3.05, 3.63) is 30.1 Å². The van der Waals surface area contributed by atoms with Gasteiger partial charge in [0.15, 0.2) is 0 Å². The Morgan fingerprint density at radius 2 is 2.14 bits per heavy atom. The number of aromatic nitrogens is 1.